The van der Waals surface area contributed by atoms with Gasteiger partial charge in [-0.15, -0.1) is 0 Å². The molecule has 0 spiro atoms. The average molecular weight is 179 g/mol. The molecule has 0 aliphatic rings. The number of anilines is 1. The van der Waals surface area contributed by atoms with Gasteiger partial charge in [0.2, 0.25) is 5.91 Å². The smallest absolute Gasteiger partial charge is 0.238 e. The number of amides is 1. The minimum atomic E-state index is -0.0481. The second-order valence-electron chi connectivity index (χ2n) is 2.76. The highest BCUT2D eigenvalue weighted by Gasteiger charge is 1.99. The molecule has 0 aliphatic carbocycles. The van der Waals surface area contributed by atoms with Gasteiger partial charge in [0.05, 0.1) is 6.54 Å². The van der Waals surface area contributed by atoms with E-state index in [1.807, 2.05) is 13.0 Å². The van der Waals surface area contributed by atoms with Gasteiger partial charge in [0.15, 0.2) is 0 Å². The van der Waals surface area contributed by atoms with Crippen molar-refractivity contribution in [2.45, 2.75) is 6.92 Å². The molecule has 1 amide bonds. The van der Waals surface area contributed by atoms with E-state index in [1.165, 1.54) is 0 Å². The fraction of sp³-hybridized carbons (Fsp3) is 0.333. The zero-order chi connectivity index (χ0) is 9.68. The lowest BCUT2D eigenvalue weighted by molar-refractivity contribution is -0.115. The Morgan fingerprint density at radius 3 is 3.00 bits per heavy atom. The normalized spacial score (nSPS) is 9.69. The molecule has 70 valence electrons. The number of nitrogens with one attached hydrogen (secondary N) is 2. The van der Waals surface area contributed by atoms with E-state index < -0.39 is 0 Å². The van der Waals surface area contributed by atoms with Crippen molar-refractivity contribution in [2.75, 3.05) is 18.9 Å². The van der Waals surface area contributed by atoms with Crippen molar-refractivity contribution in [3.63, 3.8) is 0 Å². The third-order valence-electron chi connectivity index (χ3n) is 1.52. The van der Waals surface area contributed by atoms with E-state index in [0.29, 0.717) is 6.54 Å². The lowest BCUT2D eigenvalue weighted by atomic mass is 10.3. The Balaban J connectivity index is 2.58. The molecule has 13 heavy (non-hydrogen) atoms. The average Bonchev–Trinajstić information content (AvgIpc) is 2.04. The van der Waals surface area contributed by atoms with E-state index in [0.717, 1.165) is 11.4 Å². The molecule has 4 nitrogen and oxygen atoms in total. The van der Waals surface area contributed by atoms with Crippen molar-refractivity contribution >= 4 is 11.6 Å². The largest absolute Gasteiger partial charge is 0.325 e. The first-order chi connectivity index (χ1) is 6.22. The summed E-state index contributed by atoms with van der Waals surface area (Å²) in [5.41, 5.74) is 1.68. The van der Waals surface area contributed by atoms with Gasteiger partial charge in [-0.1, -0.05) is 0 Å². The molecule has 4 heteroatoms. The first-order valence-electron chi connectivity index (χ1n) is 4.09. The number of likely N-dealkylation sites (N-methyl/N-ethyl adjacent to an activating group) is 1. The summed E-state index contributed by atoms with van der Waals surface area (Å²) in [6.07, 6.45) is 1.67. The van der Waals surface area contributed by atoms with Crippen molar-refractivity contribution in [3.8, 4) is 0 Å². The van der Waals surface area contributed by atoms with Crippen LogP contribution in [0.1, 0.15) is 5.69 Å². The number of carbonyl (C=O) groups excluding carboxylic acids is 1. The zero-order valence-electron chi connectivity index (χ0n) is 7.79. The number of hydrogen-bond acceptors (Lipinski definition) is 3. The standard InChI is InChI=1S/C9H13N3O/c1-7-5-8(3-4-11-7)12-9(13)6-10-2/h3-5,10H,6H2,1-2H3,(H,11,12,13). The third kappa shape index (κ3) is 3.21. The maximum atomic E-state index is 11.1. The van der Waals surface area contributed by atoms with Crippen molar-refractivity contribution in [3.05, 3.63) is 24.0 Å². The van der Waals surface area contributed by atoms with Gasteiger partial charge in [0, 0.05) is 17.6 Å². The van der Waals surface area contributed by atoms with Crippen LogP contribution in [-0.2, 0) is 4.79 Å². The van der Waals surface area contributed by atoms with Gasteiger partial charge in [-0.05, 0) is 26.1 Å². The molecule has 0 atom stereocenters. The van der Waals surface area contributed by atoms with Crippen molar-refractivity contribution in [1.82, 2.24) is 10.3 Å². The molecule has 2 N–H and O–H groups in total. The molecular formula is C9H13N3O. The lowest BCUT2D eigenvalue weighted by Crippen LogP contribution is -2.25. The summed E-state index contributed by atoms with van der Waals surface area (Å²) < 4.78 is 0. The van der Waals surface area contributed by atoms with Crippen LogP contribution in [0, 0.1) is 6.92 Å². The van der Waals surface area contributed by atoms with E-state index in [9.17, 15) is 4.79 Å². The Morgan fingerprint density at radius 1 is 1.62 bits per heavy atom. The molecule has 0 aliphatic heterocycles. The van der Waals surface area contributed by atoms with Gasteiger partial charge < -0.3 is 10.6 Å². The topological polar surface area (TPSA) is 54.0 Å². The van der Waals surface area contributed by atoms with Gasteiger partial charge in [-0.25, -0.2) is 0 Å². The number of aromatic nitrogens is 1. The van der Waals surface area contributed by atoms with Gasteiger partial charge in [0.1, 0.15) is 0 Å². The molecule has 0 saturated carbocycles. The predicted molar refractivity (Wildman–Crippen MR) is 51.5 cm³/mol. The van der Waals surface area contributed by atoms with Gasteiger partial charge in [0.25, 0.3) is 0 Å². The second-order valence-corrected chi connectivity index (χ2v) is 2.76. The number of carbonyl (C=O) groups is 1. The molecule has 0 fully saturated rings. The summed E-state index contributed by atoms with van der Waals surface area (Å²) in [4.78, 5) is 15.2. The number of aryl methyl sites for hydroxylation is 1. The number of nitrogens with zero attached hydrogens (tertiary/aromatic N) is 1. The van der Waals surface area contributed by atoms with Crippen molar-refractivity contribution in [1.29, 1.82) is 0 Å². The van der Waals surface area contributed by atoms with Gasteiger partial charge in [-0.3, -0.25) is 9.78 Å². The Kier molecular flexibility index (Phi) is 3.40. The Labute approximate surface area is 77.4 Å². The van der Waals surface area contributed by atoms with Crippen LogP contribution in [0.3, 0.4) is 0 Å². The van der Waals surface area contributed by atoms with E-state index >= 15 is 0 Å². The van der Waals surface area contributed by atoms with Crippen LogP contribution in [0.15, 0.2) is 18.3 Å². The first kappa shape index (κ1) is 9.67. The summed E-state index contributed by atoms with van der Waals surface area (Å²) in [5.74, 6) is -0.0481. The number of hydrogen-bond donors (Lipinski definition) is 2. The maximum Gasteiger partial charge on any atom is 0.238 e. The fourth-order valence-corrected chi connectivity index (χ4v) is 0.989. The molecule has 0 radical (unpaired) electrons. The first-order valence-corrected chi connectivity index (χ1v) is 4.09. The van der Waals surface area contributed by atoms with Crippen LogP contribution in [0.2, 0.25) is 0 Å². The van der Waals surface area contributed by atoms with Crippen LogP contribution in [-0.4, -0.2) is 24.5 Å². The molecule has 1 aromatic heterocycles. The summed E-state index contributed by atoms with van der Waals surface area (Å²) in [5, 5.41) is 5.52. The Morgan fingerprint density at radius 2 is 2.38 bits per heavy atom. The molecule has 0 aromatic carbocycles. The molecule has 1 heterocycles. The Bertz CT molecular complexity index is 299. The summed E-state index contributed by atoms with van der Waals surface area (Å²) in [6, 6.07) is 3.59. The fourth-order valence-electron chi connectivity index (χ4n) is 0.989. The van der Waals surface area contributed by atoms with Gasteiger partial charge in [-0.2, -0.15) is 0 Å². The van der Waals surface area contributed by atoms with Crippen LogP contribution < -0.4 is 10.6 Å². The highest BCUT2D eigenvalue weighted by molar-refractivity contribution is 5.92. The van der Waals surface area contributed by atoms with Crippen LogP contribution in [0.25, 0.3) is 0 Å². The van der Waals surface area contributed by atoms with Crippen molar-refractivity contribution < 1.29 is 4.79 Å². The molecule has 1 aromatic rings. The van der Waals surface area contributed by atoms with Crippen LogP contribution >= 0.6 is 0 Å². The van der Waals surface area contributed by atoms with E-state index in [-0.39, 0.29) is 5.91 Å². The third-order valence-corrected chi connectivity index (χ3v) is 1.52. The highest BCUT2D eigenvalue weighted by atomic mass is 16.1. The predicted octanol–water partition coefficient (Wildman–Crippen LogP) is 0.548. The quantitative estimate of drug-likeness (QED) is 0.712. The van der Waals surface area contributed by atoms with Crippen LogP contribution in [0.5, 0.6) is 0 Å². The monoisotopic (exact) mass is 179 g/mol. The van der Waals surface area contributed by atoms with Crippen LogP contribution in [0.4, 0.5) is 5.69 Å². The molecule has 0 bridgehead atoms. The summed E-state index contributed by atoms with van der Waals surface area (Å²) in [7, 11) is 1.73. The maximum absolute atomic E-state index is 11.1. The second kappa shape index (κ2) is 4.57. The zero-order valence-corrected chi connectivity index (χ0v) is 7.79. The SMILES string of the molecule is CNCC(=O)Nc1ccnc(C)c1. The summed E-state index contributed by atoms with van der Waals surface area (Å²) >= 11 is 0. The minimum absolute atomic E-state index is 0.0481. The van der Waals surface area contributed by atoms with Gasteiger partial charge >= 0.3 is 0 Å². The number of rotatable bonds is 3. The lowest BCUT2D eigenvalue weighted by Gasteiger charge is -2.04. The van der Waals surface area contributed by atoms with E-state index in [1.54, 1.807) is 19.3 Å². The van der Waals surface area contributed by atoms with Crippen molar-refractivity contribution in [2.24, 2.45) is 0 Å². The highest BCUT2D eigenvalue weighted by Crippen LogP contribution is 2.05. The Hall–Kier alpha value is -1.42. The molecule has 1 rings (SSSR count). The van der Waals surface area contributed by atoms with E-state index in [2.05, 4.69) is 15.6 Å². The van der Waals surface area contributed by atoms with E-state index in [4.69, 9.17) is 0 Å². The minimum Gasteiger partial charge on any atom is -0.325 e. The number of pyridine rings is 1. The summed E-state index contributed by atoms with van der Waals surface area (Å²) in [6.45, 7) is 2.20. The molecule has 0 unspecified atom stereocenters. The molecule has 0 saturated heterocycles. The molecular weight excluding hydrogens is 166 g/mol.